The van der Waals surface area contributed by atoms with E-state index >= 15 is 0 Å². The first-order valence-corrected chi connectivity index (χ1v) is 15.0. The third-order valence-electron chi connectivity index (χ3n) is 10.7. The summed E-state index contributed by atoms with van der Waals surface area (Å²) in [5, 5.41) is 0. The minimum atomic E-state index is -0.511. The molecule has 218 valence electrons. The van der Waals surface area contributed by atoms with E-state index in [2.05, 4.69) is 38.5 Å². The molecule has 0 saturated heterocycles. The maximum Gasteiger partial charge on any atom is 0.282 e. The summed E-state index contributed by atoms with van der Waals surface area (Å²) in [4.78, 5) is 50.1. The van der Waals surface area contributed by atoms with E-state index < -0.39 is 6.04 Å². The summed E-state index contributed by atoms with van der Waals surface area (Å²) >= 11 is 0. The van der Waals surface area contributed by atoms with Crippen LogP contribution in [0.15, 0.2) is 11.8 Å². The molecule has 42 heavy (non-hydrogen) atoms. The Bertz CT molecular complexity index is 1610. The van der Waals surface area contributed by atoms with Crippen LogP contribution in [0, 0.1) is 64.5 Å². The number of rotatable bonds is 0. The molecule has 0 aliphatic heterocycles. The van der Waals surface area contributed by atoms with Crippen molar-refractivity contribution in [1.82, 2.24) is 19.9 Å². The maximum absolute atomic E-state index is 12.4. The Morgan fingerprint density at radius 1 is 0.810 bits per heavy atom. The molecule has 0 spiro atoms. The highest BCUT2D eigenvalue weighted by atomic mass is 16.1. The molecule has 2 aromatic heterocycles. The minimum absolute atomic E-state index is 0.0153. The zero-order valence-corrected chi connectivity index (χ0v) is 26.0. The Balaban J connectivity index is 0.000000168. The van der Waals surface area contributed by atoms with Crippen molar-refractivity contribution in [1.29, 1.82) is 0 Å². The number of Topliss-reactive ketones (excluding diaryl/α,β-unsaturated/α-hetero) is 2. The normalized spacial score (nSPS) is 32.9. The van der Waals surface area contributed by atoms with Crippen LogP contribution in [0.4, 0.5) is 0 Å². The largest absolute Gasteiger partial charge is 0.308 e. The van der Waals surface area contributed by atoms with E-state index in [-0.39, 0.29) is 45.8 Å². The summed E-state index contributed by atoms with van der Waals surface area (Å²) in [6.45, 7) is 30.8. The van der Waals surface area contributed by atoms with E-state index in [1.807, 2.05) is 47.6 Å². The number of hydrogen-bond acceptors (Lipinski definition) is 6. The number of aryl methyl sites for hydroxylation is 4. The van der Waals surface area contributed by atoms with E-state index in [0.29, 0.717) is 12.3 Å². The topological polar surface area (TPSA) is 94.4 Å². The smallest absolute Gasteiger partial charge is 0.282 e. The maximum atomic E-state index is 12.4. The van der Waals surface area contributed by atoms with E-state index in [1.54, 1.807) is 0 Å². The predicted molar refractivity (Wildman–Crippen MR) is 159 cm³/mol. The molecule has 0 bridgehead atoms. The van der Waals surface area contributed by atoms with Gasteiger partial charge in [-0.15, -0.1) is 0 Å². The molecule has 4 aliphatic carbocycles. The number of carbonyl (C=O) groups is 2. The van der Waals surface area contributed by atoms with Crippen LogP contribution in [0.3, 0.4) is 0 Å². The molecule has 8 nitrogen and oxygen atoms in total. The Labute approximate surface area is 249 Å². The lowest BCUT2D eigenvalue weighted by Gasteiger charge is -2.47. The Kier molecular flexibility index (Phi) is 7.42. The van der Waals surface area contributed by atoms with Crippen molar-refractivity contribution in [3.8, 4) is 0 Å². The molecule has 0 radical (unpaired) electrons. The summed E-state index contributed by atoms with van der Waals surface area (Å²) in [6, 6.07) is -0.511. The van der Waals surface area contributed by atoms with Gasteiger partial charge in [0.05, 0.1) is 18.0 Å². The zero-order valence-electron chi connectivity index (χ0n) is 26.0. The molecular formula is C34H40N6O2. The number of ketones is 2. The van der Waals surface area contributed by atoms with Crippen LogP contribution in [0.5, 0.6) is 0 Å². The zero-order chi connectivity index (χ0) is 30.7. The predicted octanol–water partition coefficient (Wildman–Crippen LogP) is 5.75. The molecule has 1 saturated carbocycles. The standard InChI is InChI=1S/C17H21N3O.C17H19N3O/c2*1-9-13-7-6-12-10(2)19-11(3)20-16(12)17(13,4)8-14(18-5)15(9)21/h9,13-14H,6-8H2,1-4H3;8-9,13H,6-7H2,1-4H3/t9-,13-,14?,17-;9-,13-,17-/m00/s1. The highest BCUT2D eigenvalue weighted by molar-refractivity contribution is 6.00. The molecule has 1 unspecified atom stereocenters. The second-order valence-electron chi connectivity index (χ2n) is 13.2. The van der Waals surface area contributed by atoms with Gasteiger partial charge in [0, 0.05) is 40.5 Å². The van der Waals surface area contributed by atoms with Crippen molar-refractivity contribution in [3.05, 3.63) is 80.2 Å². The van der Waals surface area contributed by atoms with Gasteiger partial charge in [-0.1, -0.05) is 33.8 Å². The van der Waals surface area contributed by atoms with Gasteiger partial charge in [0.1, 0.15) is 11.6 Å². The second-order valence-corrected chi connectivity index (χ2v) is 13.2. The van der Waals surface area contributed by atoms with Crippen molar-refractivity contribution in [2.45, 2.75) is 104 Å². The third-order valence-corrected chi connectivity index (χ3v) is 10.7. The summed E-state index contributed by atoms with van der Waals surface area (Å²) in [7, 11) is 0. The monoisotopic (exact) mass is 564 g/mol. The average molecular weight is 565 g/mol. The van der Waals surface area contributed by atoms with Crippen molar-refractivity contribution in [3.63, 3.8) is 0 Å². The summed E-state index contributed by atoms with van der Waals surface area (Å²) in [6.07, 6.45) is 6.27. The van der Waals surface area contributed by atoms with Crippen molar-refractivity contribution >= 4 is 11.6 Å². The quantitative estimate of drug-likeness (QED) is 0.379. The second kappa shape index (κ2) is 10.5. The molecule has 0 N–H and O–H groups in total. The van der Waals surface area contributed by atoms with Crippen LogP contribution < -0.4 is 0 Å². The van der Waals surface area contributed by atoms with Crippen LogP contribution in [-0.4, -0.2) is 37.5 Å². The number of hydrogen-bond donors (Lipinski definition) is 0. The number of carbonyl (C=O) groups excluding carboxylic acids is 2. The van der Waals surface area contributed by atoms with E-state index in [4.69, 9.17) is 18.1 Å². The van der Waals surface area contributed by atoms with Gasteiger partial charge in [0.25, 0.3) is 6.04 Å². The van der Waals surface area contributed by atoms with Crippen LogP contribution in [0.1, 0.15) is 92.5 Å². The van der Waals surface area contributed by atoms with Crippen LogP contribution in [0.25, 0.3) is 9.69 Å². The van der Waals surface area contributed by atoms with Gasteiger partial charge in [0.2, 0.25) is 11.5 Å². The fourth-order valence-electron chi connectivity index (χ4n) is 8.52. The molecular weight excluding hydrogens is 524 g/mol. The highest BCUT2D eigenvalue weighted by Crippen LogP contribution is 2.52. The van der Waals surface area contributed by atoms with Crippen LogP contribution in [-0.2, 0) is 33.3 Å². The summed E-state index contributed by atoms with van der Waals surface area (Å²) < 4.78 is 0. The number of nitrogens with zero attached hydrogens (tertiary/aromatic N) is 6. The fraction of sp³-hybridized carbons (Fsp3) is 0.588. The fourth-order valence-corrected chi connectivity index (χ4v) is 8.52. The lowest BCUT2D eigenvalue weighted by atomic mass is 9.55. The Hall–Kier alpha value is -3.78. The summed E-state index contributed by atoms with van der Waals surface area (Å²) in [5.74, 6) is 2.00. The lowest BCUT2D eigenvalue weighted by Crippen LogP contribution is -2.52. The average Bonchev–Trinajstić information content (AvgIpc) is 2.94. The van der Waals surface area contributed by atoms with Crippen LogP contribution in [0.2, 0.25) is 0 Å². The number of fused-ring (bicyclic) bond motifs is 6. The first-order chi connectivity index (χ1) is 19.8. The van der Waals surface area contributed by atoms with E-state index in [1.165, 1.54) is 11.1 Å². The third kappa shape index (κ3) is 4.47. The molecule has 6 rings (SSSR count). The Morgan fingerprint density at radius 2 is 1.36 bits per heavy atom. The van der Waals surface area contributed by atoms with Crippen LogP contribution >= 0.6 is 0 Å². The molecule has 2 heterocycles. The number of aromatic nitrogens is 4. The molecule has 8 heteroatoms. The molecule has 4 aliphatic rings. The molecule has 7 atom stereocenters. The SMILES string of the molecule is [C-]#[N+]C1=C[C@]2(C)c3nc(C)nc(C)c3CC[C@H]2[C@H](C)C1=O.[C-]#[N+]C1C[C@]2(C)c3nc(C)nc(C)c3CC[C@H]2[C@H](C)C1=O. The highest BCUT2D eigenvalue weighted by Gasteiger charge is 2.55. The molecule has 0 aromatic carbocycles. The van der Waals surface area contributed by atoms with Gasteiger partial charge in [-0.3, -0.25) is 4.79 Å². The van der Waals surface area contributed by atoms with E-state index in [9.17, 15) is 9.59 Å². The van der Waals surface area contributed by atoms with Gasteiger partial charge in [0.15, 0.2) is 5.78 Å². The van der Waals surface area contributed by atoms with Crippen molar-refractivity contribution in [2.24, 2.45) is 23.7 Å². The minimum Gasteiger partial charge on any atom is -0.308 e. The lowest BCUT2D eigenvalue weighted by molar-refractivity contribution is -0.129. The van der Waals surface area contributed by atoms with E-state index in [0.717, 1.165) is 60.1 Å². The molecule has 1 fully saturated rings. The molecule has 0 amide bonds. The van der Waals surface area contributed by atoms with Gasteiger partial charge in [-0.2, -0.15) is 0 Å². The Morgan fingerprint density at radius 3 is 1.93 bits per heavy atom. The number of allylic oxidation sites excluding steroid dienone is 2. The summed E-state index contributed by atoms with van der Waals surface area (Å²) in [5.41, 5.74) is 6.39. The van der Waals surface area contributed by atoms with Crippen molar-refractivity contribution in [2.75, 3.05) is 0 Å². The van der Waals surface area contributed by atoms with Crippen molar-refractivity contribution < 1.29 is 9.59 Å². The first-order valence-electron chi connectivity index (χ1n) is 15.0. The molecule has 2 aromatic rings. The van der Waals surface area contributed by atoms with Gasteiger partial charge >= 0.3 is 0 Å². The van der Waals surface area contributed by atoms with Gasteiger partial charge in [-0.25, -0.2) is 31.4 Å². The van der Waals surface area contributed by atoms with Gasteiger partial charge in [-0.05, 0) is 76.3 Å². The first kappa shape index (κ1) is 29.7. The van der Waals surface area contributed by atoms with Gasteiger partial charge < -0.3 is 9.64 Å².